The van der Waals surface area contributed by atoms with Gasteiger partial charge >= 0.3 is 12.1 Å². The normalized spacial score (nSPS) is 22.9. The first-order valence-corrected chi connectivity index (χ1v) is 7.02. The number of piperazine rings is 1. The van der Waals surface area contributed by atoms with Crippen molar-refractivity contribution in [1.29, 1.82) is 0 Å². The maximum Gasteiger partial charge on any atom is 0.327 e. The number of hydrogen-bond acceptors (Lipinski definition) is 3. The van der Waals surface area contributed by atoms with Crippen molar-refractivity contribution in [1.82, 2.24) is 20.0 Å². The predicted octanol–water partition coefficient (Wildman–Crippen LogP) is 0.461. The molecule has 20 heavy (non-hydrogen) atoms. The fraction of sp³-hybridized carbons (Fsp3) is 0.769. The Bertz CT molecular complexity index is 435. The molecule has 0 aromatic heterocycles. The Morgan fingerprint density at radius 3 is 2.40 bits per heavy atom. The van der Waals surface area contributed by atoms with E-state index in [9.17, 15) is 14.4 Å². The Morgan fingerprint density at radius 2 is 1.85 bits per heavy atom. The molecule has 1 atom stereocenters. The van der Waals surface area contributed by atoms with E-state index in [1.165, 1.54) is 4.90 Å². The van der Waals surface area contributed by atoms with Gasteiger partial charge in [0, 0.05) is 25.2 Å². The van der Waals surface area contributed by atoms with Crippen LogP contribution in [0.5, 0.6) is 0 Å². The zero-order valence-corrected chi connectivity index (χ0v) is 12.4. The number of carbonyl (C=O) groups is 3. The van der Waals surface area contributed by atoms with E-state index in [2.05, 4.69) is 5.32 Å². The van der Waals surface area contributed by atoms with Crippen LogP contribution in [0.15, 0.2) is 0 Å². The minimum atomic E-state index is -0.531. The highest BCUT2D eigenvalue weighted by Crippen LogP contribution is 2.23. The van der Waals surface area contributed by atoms with E-state index in [4.69, 9.17) is 0 Å². The monoisotopic (exact) mass is 282 g/mol. The zero-order chi connectivity index (χ0) is 15.0. The van der Waals surface area contributed by atoms with E-state index in [0.717, 1.165) is 0 Å². The third-order valence-corrected chi connectivity index (χ3v) is 3.57. The van der Waals surface area contributed by atoms with Crippen molar-refractivity contribution in [2.45, 2.75) is 45.8 Å². The van der Waals surface area contributed by atoms with Crippen molar-refractivity contribution in [3.63, 3.8) is 0 Å². The molecule has 0 unspecified atom stereocenters. The van der Waals surface area contributed by atoms with E-state index < -0.39 is 6.04 Å². The first-order valence-electron chi connectivity index (χ1n) is 7.02. The predicted molar refractivity (Wildman–Crippen MR) is 73.1 cm³/mol. The summed E-state index contributed by atoms with van der Waals surface area (Å²) in [6, 6.07) is -1.05. The van der Waals surface area contributed by atoms with Crippen LogP contribution >= 0.6 is 0 Å². The Morgan fingerprint density at radius 1 is 1.20 bits per heavy atom. The summed E-state index contributed by atoms with van der Waals surface area (Å²) in [5.74, 6) is -0.202. The highest BCUT2D eigenvalue weighted by molar-refractivity contribution is 6.05. The van der Waals surface area contributed by atoms with Gasteiger partial charge in [0.15, 0.2) is 0 Å². The van der Waals surface area contributed by atoms with Gasteiger partial charge in [0.05, 0.1) is 6.54 Å². The molecule has 0 bridgehead atoms. The van der Waals surface area contributed by atoms with Gasteiger partial charge in [0.1, 0.15) is 6.04 Å². The number of urea groups is 2. The van der Waals surface area contributed by atoms with Gasteiger partial charge in [0.25, 0.3) is 5.91 Å². The molecule has 2 aliphatic rings. The summed E-state index contributed by atoms with van der Waals surface area (Å²) in [4.78, 5) is 40.9. The van der Waals surface area contributed by atoms with Crippen LogP contribution in [-0.4, -0.2) is 70.4 Å². The second kappa shape index (κ2) is 5.30. The zero-order valence-electron chi connectivity index (χ0n) is 12.4. The lowest BCUT2D eigenvalue weighted by Gasteiger charge is -2.35. The van der Waals surface area contributed by atoms with Gasteiger partial charge in [-0.25, -0.2) is 9.59 Å². The molecule has 2 fully saturated rings. The maximum atomic E-state index is 12.3. The summed E-state index contributed by atoms with van der Waals surface area (Å²) in [5, 5.41) is 2.81. The lowest BCUT2D eigenvalue weighted by Crippen LogP contribution is -2.57. The number of rotatable bonds is 2. The number of hydrogen-bond donors (Lipinski definition) is 1. The quantitative estimate of drug-likeness (QED) is 0.748. The van der Waals surface area contributed by atoms with Crippen molar-refractivity contribution >= 4 is 18.0 Å². The number of imide groups is 1. The van der Waals surface area contributed by atoms with Crippen molar-refractivity contribution in [2.24, 2.45) is 0 Å². The number of nitrogens with one attached hydrogen (secondary N) is 1. The third-order valence-electron chi connectivity index (χ3n) is 3.57. The summed E-state index contributed by atoms with van der Waals surface area (Å²) in [7, 11) is 0. The van der Waals surface area contributed by atoms with E-state index in [1.54, 1.807) is 9.80 Å². The van der Waals surface area contributed by atoms with Crippen molar-refractivity contribution in [3.8, 4) is 0 Å². The molecule has 0 aromatic carbocycles. The maximum absolute atomic E-state index is 12.3. The number of amides is 5. The largest absolute Gasteiger partial charge is 0.336 e. The molecule has 1 N–H and O–H groups in total. The second-order valence-electron chi connectivity index (χ2n) is 5.84. The van der Waals surface area contributed by atoms with Crippen LogP contribution < -0.4 is 5.32 Å². The lowest BCUT2D eigenvalue weighted by atomic mass is 10.2. The van der Waals surface area contributed by atoms with Gasteiger partial charge in [-0.05, 0) is 27.7 Å². The van der Waals surface area contributed by atoms with Crippen LogP contribution in [-0.2, 0) is 4.79 Å². The third kappa shape index (κ3) is 2.44. The molecule has 2 saturated heterocycles. The number of carbonyl (C=O) groups excluding carboxylic acids is 3. The Kier molecular flexibility index (Phi) is 3.87. The Balaban J connectivity index is 2.09. The number of fused-ring (bicyclic) bond motifs is 1. The molecule has 0 spiro atoms. The molecule has 7 nitrogen and oxygen atoms in total. The lowest BCUT2D eigenvalue weighted by molar-refractivity contribution is -0.130. The summed E-state index contributed by atoms with van der Waals surface area (Å²) in [6.07, 6.45) is 0. The first kappa shape index (κ1) is 14.6. The first-order chi connectivity index (χ1) is 9.32. The van der Waals surface area contributed by atoms with Crippen LogP contribution in [0.2, 0.25) is 0 Å². The summed E-state index contributed by atoms with van der Waals surface area (Å²) in [5.41, 5.74) is 0. The molecule has 0 aromatic rings. The van der Waals surface area contributed by atoms with Crippen LogP contribution in [0.3, 0.4) is 0 Å². The van der Waals surface area contributed by atoms with E-state index in [1.807, 2.05) is 27.7 Å². The second-order valence-corrected chi connectivity index (χ2v) is 5.84. The van der Waals surface area contributed by atoms with E-state index in [0.29, 0.717) is 13.1 Å². The molecule has 2 rings (SSSR count). The van der Waals surface area contributed by atoms with Gasteiger partial charge in [0.2, 0.25) is 0 Å². The van der Waals surface area contributed by atoms with Crippen LogP contribution in [0.25, 0.3) is 0 Å². The van der Waals surface area contributed by atoms with Gasteiger partial charge in [-0.3, -0.25) is 9.69 Å². The minimum Gasteiger partial charge on any atom is -0.336 e. The Hall–Kier alpha value is -1.79. The van der Waals surface area contributed by atoms with Crippen LogP contribution in [0, 0.1) is 0 Å². The molecule has 5 amide bonds. The highest BCUT2D eigenvalue weighted by Gasteiger charge is 2.49. The van der Waals surface area contributed by atoms with Gasteiger partial charge in [-0.1, -0.05) is 0 Å². The fourth-order valence-corrected chi connectivity index (χ4v) is 2.61. The van der Waals surface area contributed by atoms with Gasteiger partial charge in [-0.2, -0.15) is 0 Å². The summed E-state index contributed by atoms with van der Waals surface area (Å²) >= 11 is 0. The smallest absolute Gasteiger partial charge is 0.327 e. The summed E-state index contributed by atoms with van der Waals surface area (Å²) in [6.45, 7) is 8.54. The van der Waals surface area contributed by atoms with E-state index in [-0.39, 0.29) is 36.6 Å². The molecular weight excluding hydrogens is 260 g/mol. The molecule has 0 radical (unpaired) electrons. The molecule has 0 saturated carbocycles. The number of nitrogens with zero attached hydrogens (tertiary/aromatic N) is 3. The average Bonchev–Trinajstić information content (AvgIpc) is 2.60. The SMILES string of the molecule is CC(C)NC(=O)N1CCN2C(=O)N(C(C)C)C(=O)[C@H]2C1. The topological polar surface area (TPSA) is 73.0 Å². The van der Waals surface area contributed by atoms with Crippen molar-refractivity contribution < 1.29 is 14.4 Å². The molecule has 2 aliphatic heterocycles. The standard InChI is InChI=1S/C13H22N4O3/c1-8(2)14-12(19)15-5-6-16-10(7-15)11(18)17(9(3)4)13(16)20/h8-10H,5-7H2,1-4H3,(H,14,19)/t10-/m1/s1. The van der Waals surface area contributed by atoms with Gasteiger partial charge in [-0.15, -0.1) is 0 Å². The average molecular weight is 282 g/mol. The summed E-state index contributed by atoms with van der Waals surface area (Å²) < 4.78 is 0. The van der Waals surface area contributed by atoms with Gasteiger partial charge < -0.3 is 15.1 Å². The highest BCUT2D eigenvalue weighted by atomic mass is 16.2. The molecule has 0 aliphatic carbocycles. The van der Waals surface area contributed by atoms with Crippen molar-refractivity contribution in [3.05, 3.63) is 0 Å². The molecule has 112 valence electrons. The Labute approximate surface area is 118 Å². The molecule has 7 heteroatoms. The minimum absolute atomic E-state index is 0.0496. The van der Waals surface area contributed by atoms with Crippen molar-refractivity contribution in [2.75, 3.05) is 19.6 Å². The fourth-order valence-electron chi connectivity index (χ4n) is 2.61. The molecule has 2 heterocycles. The van der Waals surface area contributed by atoms with Crippen LogP contribution in [0.1, 0.15) is 27.7 Å². The van der Waals surface area contributed by atoms with E-state index >= 15 is 0 Å². The molecular formula is C13H22N4O3. The van der Waals surface area contributed by atoms with Crippen LogP contribution in [0.4, 0.5) is 9.59 Å².